The van der Waals surface area contributed by atoms with Gasteiger partial charge in [-0.3, -0.25) is 0 Å². The molecule has 0 fully saturated rings. The molecule has 0 aliphatic rings. The van der Waals surface area contributed by atoms with Crippen molar-refractivity contribution in [3.8, 4) is 0 Å². The largest absolute Gasteiger partial charge is 0.339 e. The lowest BCUT2D eigenvalue weighted by Crippen LogP contribution is -2.18. The first-order chi connectivity index (χ1) is 8.15. The Balaban J connectivity index is 2.25. The van der Waals surface area contributed by atoms with E-state index in [1.165, 1.54) is 16.0 Å². The first kappa shape index (κ1) is 12.2. The minimum absolute atomic E-state index is 0.174. The van der Waals surface area contributed by atoms with E-state index in [1.54, 1.807) is 18.0 Å². The van der Waals surface area contributed by atoms with Gasteiger partial charge in [0, 0.05) is 23.3 Å². The van der Waals surface area contributed by atoms with E-state index in [4.69, 9.17) is 5.73 Å². The van der Waals surface area contributed by atoms with Crippen LogP contribution >= 0.6 is 11.8 Å². The molecule has 2 rings (SSSR count). The Morgan fingerprint density at radius 2 is 2.29 bits per heavy atom. The Bertz CT molecular complexity index is 477. The Hall–Kier alpha value is -1.26. The minimum atomic E-state index is 0.174. The second-order valence-corrected chi connectivity index (χ2v) is 5.32. The van der Waals surface area contributed by atoms with E-state index in [0.29, 0.717) is 0 Å². The number of imidazole rings is 1. The van der Waals surface area contributed by atoms with Crippen molar-refractivity contribution in [1.82, 2.24) is 9.97 Å². The van der Waals surface area contributed by atoms with Crippen LogP contribution < -0.4 is 5.73 Å². The van der Waals surface area contributed by atoms with E-state index in [9.17, 15) is 0 Å². The van der Waals surface area contributed by atoms with Crippen LogP contribution in [0.15, 0.2) is 40.6 Å². The first-order valence-corrected chi connectivity index (χ1v) is 6.49. The van der Waals surface area contributed by atoms with Gasteiger partial charge in [0.25, 0.3) is 0 Å². The second kappa shape index (κ2) is 5.38. The zero-order chi connectivity index (χ0) is 12.3. The van der Waals surface area contributed by atoms with Crippen molar-refractivity contribution in [3.05, 3.63) is 41.7 Å². The van der Waals surface area contributed by atoms with Gasteiger partial charge in [-0.05, 0) is 31.9 Å². The minimum Gasteiger partial charge on any atom is -0.339 e. The van der Waals surface area contributed by atoms with E-state index in [0.717, 1.165) is 11.6 Å². The number of rotatable bonds is 4. The van der Waals surface area contributed by atoms with Crippen LogP contribution in [0.5, 0.6) is 0 Å². The number of nitrogens with two attached hydrogens (primary N) is 1. The number of aromatic nitrogens is 2. The fraction of sp³-hybridized carbons (Fsp3) is 0.308. The van der Waals surface area contributed by atoms with E-state index >= 15 is 0 Å². The maximum atomic E-state index is 5.88. The number of H-pyrrole nitrogens is 1. The van der Waals surface area contributed by atoms with Gasteiger partial charge in [0.2, 0.25) is 0 Å². The highest BCUT2D eigenvalue weighted by molar-refractivity contribution is 7.99. The monoisotopic (exact) mass is 247 g/mol. The predicted octanol–water partition coefficient (Wildman–Crippen LogP) is 2.76. The number of nitrogens with one attached hydrogen (secondary N) is 1. The zero-order valence-corrected chi connectivity index (χ0v) is 10.9. The summed E-state index contributed by atoms with van der Waals surface area (Å²) in [6, 6.07) is 6.64. The molecule has 0 bridgehead atoms. The topological polar surface area (TPSA) is 54.7 Å². The lowest BCUT2D eigenvalue weighted by Gasteiger charge is -2.11. The highest BCUT2D eigenvalue weighted by Crippen LogP contribution is 2.29. The quantitative estimate of drug-likeness (QED) is 0.873. The van der Waals surface area contributed by atoms with Crippen LogP contribution in [0, 0.1) is 6.92 Å². The summed E-state index contributed by atoms with van der Waals surface area (Å²) < 4.78 is 0. The predicted molar refractivity (Wildman–Crippen MR) is 71.2 cm³/mol. The molecule has 0 amide bonds. The number of hydrogen-bond acceptors (Lipinski definition) is 3. The van der Waals surface area contributed by atoms with Gasteiger partial charge in [0.1, 0.15) is 0 Å². The molecular weight excluding hydrogens is 230 g/mol. The van der Waals surface area contributed by atoms with Crippen LogP contribution in [0.1, 0.15) is 18.1 Å². The normalized spacial score (nSPS) is 12.6. The van der Waals surface area contributed by atoms with Crippen molar-refractivity contribution in [2.75, 3.05) is 0 Å². The highest BCUT2D eigenvalue weighted by Gasteiger charge is 2.08. The van der Waals surface area contributed by atoms with Crippen molar-refractivity contribution >= 4 is 11.8 Å². The summed E-state index contributed by atoms with van der Waals surface area (Å²) in [7, 11) is 0. The summed E-state index contributed by atoms with van der Waals surface area (Å²) >= 11 is 1.65. The van der Waals surface area contributed by atoms with Crippen LogP contribution in [-0.2, 0) is 6.42 Å². The van der Waals surface area contributed by atoms with Gasteiger partial charge in [-0.1, -0.05) is 29.5 Å². The zero-order valence-electron chi connectivity index (χ0n) is 10.1. The Morgan fingerprint density at radius 3 is 2.94 bits per heavy atom. The van der Waals surface area contributed by atoms with E-state index in [2.05, 4.69) is 35.1 Å². The molecule has 0 radical (unpaired) electrons. The third-order valence-corrected chi connectivity index (χ3v) is 3.47. The maximum Gasteiger partial charge on any atom is 0.170 e. The number of hydrogen-bond donors (Lipinski definition) is 2. The molecule has 0 saturated carbocycles. The Morgan fingerprint density at radius 1 is 1.47 bits per heavy atom. The molecule has 90 valence electrons. The van der Waals surface area contributed by atoms with Crippen molar-refractivity contribution in [2.24, 2.45) is 5.73 Å². The first-order valence-electron chi connectivity index (χ1n) is 5.67. The number of aryl methyl sites for hydroxylation is 1. The highest BCUT2D eigenvalue weighted by atomic mass is 32.2. The molecule has 1 heterocycles. The van der Waals surface area contributed by atoms with E-state index < -0.39 is 0 Å². The second-order valence-electron chi connectivity index (χ2n) is 4.29. The number of aromatic amines is 1. The summed E-state index contributed by atoms with van der Waals surface area (Å²) in [5.41, 5.74) is 8.45. The maximum absolute atomic E-state index is 5.88. The molecular formula is C13H17N3S. The summed E-state index contributed by atoms with van der Waals surface area (Å²) in [4.78, 5) is 8.56. The molecule has 4 heteroatoms. The molecule has 0 saturated heterocycles. The Labute approximate surface area is 106 Å². The Kier molecular flexibility index (Phi) is 3.86. The van der Waals surface area contributed by atoms with Crippen molar-refractivity contribution in [2.45, 2.75) is 36.4 Å². The van der Waals surface area contributed by atoms with Gasteiger partial charge in [0.15, 0.2) is 5.16 Å². The summed E-state index contributed by atoms with van der Waals surface area (Å²) in [5, 5.41) is 0.916. The van der Waals surface area contributed by atoms with Crippen molar-refractivity contribution < 1.29 is 0 Å². The van der Waals surface area contributed by atoms with Gasteiger partial charge in [-0.25, -0.2) is 4.98 Å². The van der Waals surface area contributed by atoms with Crippen LogP contribution in [0.2, 0.25) is 0 Å². The number of benzene rings is 1. The lowest BCUT2D eigenvalue weighted by atomic mass is 10.1. The van der Waals surface area contributed by atoms with Crippen molar-refractivity contribution in [1.29, 1.82) is 0 Å². The lowest BCUT2D eigenvalue weighted by molar-refractivity contribution is 0.728. The molecule has 1 aromatic carbocycles. The van der Waals surface area contributed by atoms with E-state index in [1.807, 2.05) is 13.1 Å². The molecule has 0 spiro atoms. The van der Waals surface area contributed by atoms with E-state index in [-0.39, 0.29) is 6.04 Å². The molecule has 17 heavy (non-hydrogen) atoms. The number of nitrogens with zero attached hydrogens (tertiary/aromatic N) is 1. The van der Waals surface area contributed by atoms with Gasteiger partial charge in [-0.2, -0.15) is 0 Å². The summed E-state index contributed by atoms with van der Waals surface area (Å²) in [6.45, 7) is 4.13. The van der Waals surface area contributed by atoms with Crippen LogP contribution in [0.25, 0.3) is 0 Å². The SMILES string of the molecule is Cc1ccc(Sc2ncc[nH]2)c(CC(C)N)c1. The van der Waals surface area contributed by atoms with Crippen LogP contribution in [-0.4, -0.2) is 16.0 Å². The fourth-order valence-corrected chi connectivity index (χ4v) is 2.58. The summed E-state index contributed by atoms with van der Waals surface area (Å²) in [5.74, 6) is 0. The van der Waals surface area contributed by atoms with Gasteiger partial charge >= 0.3 is 0 Å². The molecule has 3 nitrogen and oxygen atoms in total. The molecule has 3 N–H and O–H groups in total. The summed E-state index contributed by atoms with van der Waals surface area (Å²) in [6.07, 6.45) is 4.49. The molecule has 0 aliphatic heterocycles. The molecule has 2 aromatic rings. The van der Waals surface area contributed by atoms with Gasteiger partial charge < -0.3 is 10.7 Å². The van der Waals surface area contributed by atoms with Crippen LogP contribution in [0.4, 0.5) is 0 Å². The smallest absolute Gasteiger partial charge is 0.170 e. The average Bonchev–Trinajstić information content (AvgIpc) is 2.74. The van der Waals surface area contributed by atoms with Crippen LogP contribution in [0.3, 0.4) is 0 Å². The molecule has 1 unspecified atom stereocenters. The van der Waals surface area contributed by atoms with Gasteiger partial charge in [-0.15, -0.1) is 0 Å². The fourth-order valence-electron chi connectivity index (χ4n) is 1.72. The third kappa shape index (κ3) is 3.35. The van der Waals surface area contributed by atoms with Crippen molar-refractivity contribution in [3.63, 3.8) is 0 Å². The molecule has 0 aliphatic carbocycles. The average molecular weight is 247 g/mol. The molecule has 1 aromatic heterocycles. The third-order valence-electron chi connectivity index (χ3n) is 2.44. The molecule has 1 atom stereocenters. The standard InChI is InChI=1S/C13H17N3S/c1-9-3-4-12(11(7-9)8-10(2)14)17-13-15-5-6-16-13/h3-7,10H,8,14H2,1-2H3,(H,15,16). The van der Waals surface area contributed by atoms with Gasteiger partial charge in [0.05, 0.1) is 0 Å².